The number of likely N-dealkylation sites (tertiary alicyclic amines) is 1. The Hall–Kier alpha value is -3.77. The first-order valence-electron chi connectivity index (χ1n) is 13.0. The molecule has 0 radical (unpaired) electrons. The molecule has 13 heteroatoms. The second kappa shape index (κ2) is 15.1. The van der Waals surface area contributed by atoms with Crippen LogP contribution in [-0.4, -0.2) is 53.5 Å². The molecule has 216 valence electrons. The molecule has 1 heterocycles. The molecule has 1 atom stereocenters. The number of hydroxylamine groups is 1. The first-order valence-corrected chi connectivity index (χ1v) is 13.4. The third-order valence-electron chi connectivity index (χ3n) is 6.48. The van der Waals surface area contributed by atoms with Gasteiger partial charge in [0.15, 0.2) is 0 Å². The second-order valence-corrected chi connectivity index (χ2v) is 9.89. The first kappa shape index (κ1) is 30.8. The Bertz CT molecular complexity index is 1230. The number of urea groups is 1. The predicted octanol–water partition coefficient (Wildman–Crippen LogP) is 4.69. The molecule has 1 aliphatic rings. The average molecular weight is 580 g/mol. The van der Waals surface area contributed by atoms with Crippen molar-refractivity contribution in [2.24, 2.45) is 5.92 Å². The molecule has 2 aromatic rings. The van der Waals surface area contributed by atoms with E-state index in [-0.39, 0.29) is 46.8 Å². The van der Waals surface area contributed by atoms with Crippen molar-refractivity contribution in [1.82, 2.24) is 15.7 Å². The molecule has 5 N–H and O–H groups in total. The molecule has 2 aromatic carbocycles. The molecule has 0 bridgehead atoms. The van der Waals surface area contributed by atoms with E-state index in [2.05, 4.69) is 16.0 Å². The van der Waals surface area contributed by atoms with Crippen molar-refractivity contribution in [1.29, 1.82) is 0 Å². The van der Waals surface area contributed by atoms with Gasteiger partial charge in [0.05, 0.1) is 16.6 Å². The second-order valence-electron chi connectivity index (χ2n) is 9.48. The standard InChI is InChI=1S/C27H32ClF2N5O5/c28-20-15-19(9-10-21(20)29)32-27(39)33-23-11-8-17(14-22(23)30)26(38)35-13-5-6-18(16-35)25(37)31-12-4-2-1-3-7-24(36)34-40/h8-11,14-15,18,40H,1-7,12-13,16H2,(H,31,37)(H,34,36)(H2,32,33,39)/t18-/m0/s1. The summed E-state index contributed by atoms with van der Waals surface area (Å²) < 4.78 is 28.0. The van der Waals surface area contributed by atoms with Crippen LogP contribution in [0.5, 0.6) is 0 Å². The molecular formula is C27H32ClF2N5O5. The minimum Gasteiger partial charge on any atom is -0.356 e. The number of anilines is 2. The third kappa shape index (κ3) is 9.16. The van der Waals surface area contributed by atoms with Gasteiger partial charge in [-0.1, -0.05) is 24.4 Å². The van der Waals surface area contributed by atoms with E-state index in [4.69, 9.17) is 16.8 Å². The molecule has 0 saturated carbocycles. The Morgan fingerprint density at radius 3 is 2.48 bits per heavy atom. The van der Waals surface area contributed by atoms with E-state index in [1.54, 1.807) is 5.48 Å². The highest BCUT2D eigenvalue weighted by Gasteiger charge is 2.29. The number of rotatable bonds is 11. The van der Waals surface area contributed by atoms with Crippen molar-refractivity contribution in [2.45, 2.75) is 44.9 Å². The summed E-state index contributed by atoms with van der Waals surface area (Å²) in [6.07, 6.45) is 4.54. The van der Waals surface area contributed by atoms with Crippen molar-refractivity contribution >= 4 is 46.7 Å². The predicted molar refractivity (Wildman–Crippen MR) is 145 cm³/mol. The normalized spacial score (nSPS) is 14.8. The van der Waals surface area contributed by atoms with Crippen LogP contribution in [0, 0.1) is 17.6 Å². The number of piperidine rings is 1. The average Bonchev–Trinajstić information content (AvgIpc) is 2.94. The van der Waals surface area contributed by atoms with Gasteiger partial charge >= 0.3 is 6.03 Å². The molecular weight excluding hydrogens is 548 g/mol. The lowest BCUT2D eigenvalue weighted by molar-refractivity contribution is -0.129. The molecule has 1 fully saturated rings. The van der Waals surface area contributed by atoms with Crippen LogP contribution >= 0.6 is 11.6 Å². The van der Waals surface area contributed by atoms with E-state index in [1.807, 2.05) is 0 Å². The summed E-state index contributed by atoms with van der Waals surface area (Å²) in [4.78, 5) is 50.4. The van der Waals surface area contributed by atoms with Gasteiger partial charge in [-0.05, 0) is 62.1 Å². The van der Waals surface area contributed by atoms with Crippen LogP contribution in [0.1, 0.15) is 55.3 Å². The Morgan fingerprint density at radius 1 is 0.975 bits per heavy atom. The van der Waals surface area contributed by atoms with E-state index in [9.17, 15) is 28.0 Å². The lowest BCUT2D eigenvalue weighted by atomic mass is 9.96. The number of carbonyl (C=O) groups excluding carboxylic acids is 4. The Kier molecular flexibility index (Phi) is 11.6. The number of nitrogens with zero attached hydrogens (tertiary/aromatic N) is 1. The summed E-state index contributed by atoms with van der Waals surface area (Å²) in [6.45, 7) is 1.14. The fourth-order valence-corrected chi connectivity index (χ4v) is 4.52. The topological polar surface area (TPSA) is 140 Å². The van der Waals surface area contributed by atoms with E-state index >= 15 is 0 Å². The number of nitrogens with one attached hydrogen (secondary N) is 4. The molecule has 3 rings (SSSR count). The van der Waals surface area contributed by atoms with Gasteiger partial charge in [-0.3, -0.25) is 19.6 Å². The van der Waals surface area contributed by atoms with Crippen LogP contribution in [0.25, 0.3) is 0 Å². The maximum absolute atomic E-state index is 14.7. The molecule has 10 nitrogen and oxygen atoms in total. The minimum absolute atomic E-state index is 0.0877. The van der Waals surface area contributed by atoms with E-state index in [1.165, 1.54) is 29.2 Å². The van der Waals surface area contributed by atoms with Gasteiger partial charge in [0.2, 0.25) is 11.8 Å². The summed E-state index contributed by atoms with van der Waals surface area (Å²) in [5.41, 5.74) is 1.73. The number of hydrogen-bond donors (Lipinski definition) is 5. The molecule has 0 aromatic heterocycles. The zero-order valence-electron chi connectivity index (χ0n) is 21.8. The van der Waals surface area contributed by atoms with Crippen LogP contribution < -0.4 is 21.4 Å². The molecule has 0 aliphatic carbocycles. The largest absolute Gasteiger partial charge is 0.356 e. The maximum Gasteiger partial charge on any atom is 0.323 e. The molecule has 5 amide bonds. The van der Waals surface area contributed by atoms with E-state index < -0.39 is 29.5 Å². The van der Waals surface area contributed by atoms with Crippen LogP contribution in [0.4, 0.5) is 25.0 Å². The smallest absolute Gasteiger partial charge is 0.323 e. The van der Waals surface area contributed by atoms with Gasteiger partial charge in [-0.25, -0.2) is 19.1 Å². The molecule has 0 spiro atoms. The number of hydrogen-bond acceptors (Lipinski definition) is 5. The Labute approximate surface area is 235 Å². The fraction of sp³-hybridized carbons (Fsp3) is 0.407. The number of benzene rings is 2. The monoisotopic (exact) mass is 579 g/mol. The van der Waals surface area contributed by atoms with Crippen LogP contribution in [-0.2, 0) is 9.59 Å². The van der Waals surface area contributed by atoms with Gasteiger partial charge in [0.25, 0.3) is 5.91 Å². The van der Waals surface area contributed by atoms with Gasteiger partial charge in [0, 0.05) is 37.3 Å². The lowest BCUT2D eigenvalue weighted by Crippen LogP contribution is -2.45. The third-order valence-corrected chi connectivity index (χ3v) is 6.77. The van der Waals surface area contributed by atoms with E-state index in [0.29, 0.717) is 32.4 Å². The summed E-state index contributed by atoms with van der Waals surface area (Å²) >= 11 is 5.69. The SMILES string of the molecule is O=C(CCCCCCNC(=O)[C@H]1CCCN(C(=O)c2ccc(NC(=O)Nc3ccc(F)c(Cl)c3)c(F)c2)C1)NO. The minimum atomic E-state index is -0.818. The zero-order chi connectivity index (χ0) is 29.1. The van der Waals surface area contributed by atoms with Crippen molar-refractivity contribution in [2.75, 3.05) is 30.3 Å². The number of carbonyl (C=O) groups is 4. The molecule has 1 saturated heterocycles. The Morgan fingerprint density at radius 2 is 1.75 bits per heavy atom. The fourth-order valence-electron chi connectivity index (χ4n) is 4.34. The van der Waals surface area contributed by atoms with Gasteiger partial charge < -0.3 is 20.9 Å². The highest BCUT2D eigenvalue weighted by atomic mass is 35.5. The summed E-state index contributed by atoms with van der Waals surface area (Å²) in [5, 5.41) is 15.9. The number of halogens is 3. The lowest BCUT2D eigenvalue weighted by Gasteiger charge is -2.32. The van der Waals surface area contributed by atoms with Gasteiger partial charge in [0.1, 0.15) is 11.6 Å². The van der Waals surface area contributed by atoms with Crippen molar-refractivity contribution in [3.63, 3.8) is 0 Å². The highest BCUT2D eigenvalue weighted by molar-refractivity contribution is 6.31. The first-order chi connectivity index (χ1) is 19.2. The number of unbranched alkanes of at least 4 members (excludes halogenated alkanes) is 3. The molecule has 1 aliphatic heterocycles. The van der Waals surface area contributed by atoms with Gasteiger partial charge in [-0.2, -0.15) is 0 Å². The van der Waals surface area contributed by atoms with Crippen molar-refractivity contribution < 1.29 is 33.2 Å². The maximum atomic E-state index is 14.7. The van der Waals surface area contributed by atoms with Crippen LogP contribution in [0.3, 0.4) is 0 Å². The summed E-state index contributed by atoms with van der Waals surface area (Å²) in [6, 6.07) is 6.51. The van der Waals surface area contributed by atoms with Crippen LogP contribution in [0.2, 0.25) is 5.02 Å². The quantitative estimate of drug-likeness (QED) is 0.149. The number of amides is 5. The van der Waals surface area contributed by atoms with E-state index in [0.717, 1.165) is 31.4 Å². The molecule has 0 unspecified atom stereocenters. The van der Waals surface area contributed by atoms with Crippen molar-refractivity contribution in [3.05, 3.63) is 58.6 Å². The zero-order valence-corrected chi connectivity index (χ0v) is 22.5. The highest BCUT2D eigenvalue weighted by Crippen LogP contribution is 2.23. The van der Waals surface area contributed by atoms with Crippen LogP contribution in [0.15, 0.2) is 36.4 Å². The molecule has 40 heavy (non-hydrogen) atoms. The summed E-state index contributed by atoms with van der Waals surface area (Å²) in [7, 11) is 0. The van der Waals surface area contributed by atoms with Crippen molar-refractivity contribution in [3.8, 4) is 0 Å². The summed E-state index contributed by atoms with van der Waals surface area (Å²) in [5.74, 6) is -2.81. The van der Waals surface area contributed by atoms with Gasteiger partial charge in [-0.15, -0.1) is 0 Å². The Balaban J connectivity index is 1.46.